The van der Waals surface area contributed by atoms with Crippen molar-refractivity contribution in [2.75, 3.05) is 18.2 Å². The van der Waals surface area contributed by atoms with Crippen molar-refractivity contribution in [3.63, 3.8) is 0 Å². The number of carbonyl (C=O) groups is 1. The first-order chi connectivity index (χ1) is 11.6. The molecule has 3 rings (SSSR count). The van der Waals surface area contributed by atoms with Crippen molar-refractivity contribution in [2.24, 2.45) is 0 Å². The first-order valence-corrected chi connectivity index (χ1v) is 7.39. The summed E-state index contributed by atoms with van der Waals surface area (Å²) < 4.78 is 5.11. The van der Waals surface area contributed by atoms with E-state index in [1.165, 1.54) is 7.11 Å². The highest BCUT2D eigenvalue weighted by molar-refractivity contribution is 5.97. The number of amides is 2. The van der Waals surface area contributed by atoms with Crippen molar-refractivity contribution >= 4 is 28.6 Å². The van der Waals surface area contributed by atoms with Gasteiger partial charge in [0.1, 0.15) is 17.0 Å². The van der Waals surface area contributed by atoms with E-state index in [0.29, 0.717) is 22.6 Å². The molecule has 0 aliphatic carbocycles. The molecule has 3 aromatic rings. The third-order valence-corrected chi connectivity index (χ3v) is 3.62. The summed E-state index contributed by atoms with van der Waals surface area (Å²) in [4.78, 5) is 16.3. The van der Waals surface area contributed by atoms with Crippen LogP contribution in [-0.4, -0.2) is 28.3 Å². The maximum atomic E-state index is 12.2. The average molecular weight is 326 g/mol. The number of urea groups is 1. The zero-order valence-electron chi connectivity index (χ0n) is 13.3. The fourth-order valence-corrected chi connectivity index (χ4v) is 2.43. The number of ether oxygens (including phenoxy) is 1. The van der Waals surface area contributed by atoms with E-state index >= 15 is 0 Å². The number of benzene rings is 1. The lowest BCUT2D eigenvalue weighted by Crippen LogP contribution is -2.31. The van der Waals surface area contributed by atoms with E-state index in [2.05, 4.69) is 25.8 Å². The van der Waals surface area contributed by atoms with Crippen LogP contribution in [0.4, 0.5) is 16.4 Å². The first-order valence-electron chi connectivity index (χ1n) is 7.39. The van der Waals surface area contributed by atoms with E-state index in [1.807, 2.05) is 37.3 Å². The predicted molar refractivity (Wildman–Crippen MR) is 91.9 cm³/mol. The molecule has 0 radical (unpaired) electrons. The highest BCUT2D eigenvalue weighted by atomic mass is 16.5. The van der Waals surface area contributed by atoms with Gasteiger partial charge in [-0.05, 0) is 12.5 Å². The van der Waals surface area contributed by atoms with Crippen LogP contribution in [0.2, 0.25) is 0 Å². The molecule has 0 bridgehead atoms. The molecule has 2 aromatic heterocycles. The van der Waals surface area contributed by atoms with Crippen molar-refractivity contribution in [1.29, 1.82) is 0 Å². The summed E-state index contributed by atoms with van der Waals surface area (Å²) in [6.45, 7) is 1.90. The van der Waals surface area contributed by atoms with Gasteiger partial charge < -0.3 is 15.8 Å². The van der Waals surface area contributed by atoms with Gasteiger partial charge in [0.15, 0.2) is 0 Å². The lowest BCUT2D eigenvalue weighted by atomic mass is 10.1. The highest BCUT2D eigenvalue weighted by Crippen LogP contribution is 2.28. The number of H-pyrrole nitrogens is 1. The molecule has 0 unspecified atom stereocenters. The molecule has 2 heterocycles. The Morgan fingerprint density at radius 2 is 2.08 bits per heavy atom. The summed E-state index contributed by atoms with van der Waals surface area (Å²) >= 11 is 0. The van der Waals surface area contributed by atoms with Crippen molar-refractivity contribution < 1.29 is 9.53 Å². The van der Waals surface area contributed by atoms with E-state index in [4.69, 9.17) is 10.5 Å². The van der Waals surface area contributed by atoms with Crippen LogP contribution in [0.5, 0.6) is 5.88 Å². The maximum Gasteiger partial charge on any atom is 0.320 e. The minimum atomic E-state index is -0.371. The maximum absolute atomic E-state index is 12.2. The molecule has 24 heavy (non-hydrogen) atoms. The Kier molecular flexibility index (Phi) is 4.19. The van der Waals surface area contributed by atoms with Crippen LogP contribution in [-0.2, 0) is 0 Å². The Hall–Kier alpha value is -3.29. The predicted octanol–water partition coefficient (Wildman–Crippen LogP) is 2.43. The third-order valence-electron chi connectivity index (χ3n) is 3.62. The fourth-order valence-electron chi connectivity index (χ4n) is 2.43. The number of fused-ring (bicyclic) bond motifs is 1. The van der Waals surface area contributed by atoms with Crippen molar-refractivity contribution in [1.82, 2.24) is 20.5 Å². The number of nitrogens with zero attached hydrogens (tertiary/aromatic N) is 2. The molecule has 0 spiro atoms. The van der Waals surface area contributed by atoms with Crippen LogP contribution < -0.4 is 21.1 Å². The summed E-state index contributed by atoms with van der Waals surface area (Å²) in [7, 11) is 1.50. The molecule has 0 saturated heterocycles. The normalized spacial score (nSPS) is 11.9. The van der Waals surface area contributed by atoms with Gasteiger partial charge in [-0.1, -0.05) is 30.3 Å². The number of methoxy groups -OCH3 is 1. The van der Waals surface area contributed by atoms with Gasteiger partial charge in [0.2, 0.25) is 5.88 Å². The van der Waals surface area contributed by atoms with E-state index < -0.39 is 0 Å². The van der Waals surface area contributed by atoms with E-state index in [-0.39, 0.29) is 17.9 Å². The molecule has 0 aliphatic rings. The SMILES string of the molecule is COc1n[nH]c2cc(NC(=O)N[C@H](C)c3ccccc3)nc(N)c12. The second-order valence-corrected chi connectivity index (χ2v) is 5.28. The average Bonchev–Trinajstić information content (AvgIpc) is 2.99. The summed E-state index contributed by atoms with van der Waals surface area (Å²) in [6, 6.07) is 10.8. The minimum absolute atomic E-state index is 0.139. The number of nitrogen functional groups attached to an aromatic ring is 1. The third kappa shape index (κ3) is 3.07. The Morgan fingerprint density at radius 1 is 1.33 bits per heavy atom. The largest absolute Gasteiger partial charge is 0.479 e. The smallest absolute Gasteiger partial charge is 0.320 e. The van der Waals surface area contributed by atoms with Crippen LogP contribution in [0, 0.1) is 0 Å². The molecule has 124 valence electrons. The molecule has 8 nitrogen and oxygen atoms in total. The number of pyridine rings is 1. The fraction of sp³-hybridized carbons (Fsp3) is 0.188. The van der Waals surface area contributed by atoms with Crippen LogP contribution in [0.15, 0.2) is 36.4 Å². The van der Waals surface area contributed by atoms with Crippen LogP contribution in [0.3, 0.4) is 0 Å². The van der Waals surface area contributed by atoms with Gasteiger partial charge >= 0.3 is 6.03 Å². The second kappa shape index (κ2) is 6.45. The van der Waals surface area contributed by atoms with Crippen LogP contribution >= 0.6 is 0 Å². The van der Waals surface area contributed by atoms with Crippen LogP contribution in [0.1, 0.15) is 18.5 Å². The lowest BCUT2D eigenvalue weighted by molar-refractivity contribution is 0.249. The zero-order chi connectivity index (χ0) is 17.1. The molecular weight excluding hydrogens is 308 g/mol. The number of carbonyl (C=O) groups excluding carboxylic acids is 1. The molecule has 0 fully saturated rings. The van der Waals surface area contributed by atoms with Crippen molar-refractivity contribution in [3.8, 4) is 5.88 Å². The minimum Gasteiger partial charge on any atom is -0.479 e. The van der Waals surface area contributed by atoms with Gasteiger partial charge in [0.25, 0.3) is 0 Å². The van der Waals surface area contributed by atoms with Gasteiger partial charge in [-0.25, -0.2) is 9.78 Å². The quantitative estimate of drug-likeness (QED) is 0.587. The monoisotopic (exact) mass is 326 g/mol. The van der Waals surface area contributed by atoms with E-state index in [1.54, 1.807) is 6.07 Å². The van der Waals surface area contributed by atoms with Crippen LogP contribution in [0.25, 0.3) is 10.9 Å². The molecular formula is C16H18N6O2. The number of aromatic nitrogens is 3. The molecule has 1 aromatic carbocycles. The van der Waals surface area contributed by atoms with Gasteiger partial charge in [0, 0.05) is 6.07 Å². The van der Waals surface area contributed by atoms with E-state index in [9.17, 15) is 4.79 Å². The van der Waals surface area contributed by atoms with Gasteiger partial charge in [-0.15, -0.1) is 5.10 Å². The summed E-state index contributed by atoms with van der Waals surface area (Å²) in [6.07, 6.45) is 0. The van der Waals surface area contributed by atoms with Crippen molar-refractivity contribution in [2.45, 2.75) is 13.0 Å². The first kappa shape index (κ1) is 15.6. The lowest BCUT2D eigenvalue weighted by Gasteiger charge is -2.15. The molecule has 0 aliphatic heterocycles. The number of nitrogens with one attached hydrogen (secondary N) is 3. The number of aromatic amines is 1. The van der Waals surface area contributed by atoms with Gasteiger partial charge in [-0.3, -0.25) is 10.4 Å². The highest BCUT2D eigenvalue weighted by Gasteiger charge is 2.14. The Labute approximate surface area is 138 Å². The summed E-state index contributed by atoms with van der Waals surface area (Å²) in [5.41, 5.74) is 7.56. The zero-order valence-corrected chi connectivity index (χ0v) is 13.3. The molecule has 5 N–H and O–H groups in total. The van der Waals surface area contributed by atoms with Gasteiger partial charge in [0.05, 0.1) is 18.7 Å². The number of hydrogen-bond acceptors (Lipinski definition) is 5. The number of anilines is 2. The molecule has 0 saturated carbocycles. The summed E-state index contributed by atoms with van der Waals surface area (Å²) in [5.74, 6) is 0.914. The summed E-state index contributed by atoms with van der Waals surface area (Å²) in [5, 5.41) is 12.9. The molecule has 1 atom stereocenters. The van der Waals surface area contributed by atoms with Gasteiger partial charge in [-0.2, -0.15) is 0 Å². The number of nitrogens with two attached hydrogens (primary N) is 1. The van der Waals surface area contributed by atoms with Crippen molar-refractivity contribution in [3.05, 3.63) is 42.0 Å². The number of rotatable bonds is 4. The van der Waals surface area contributed by atoms with E-state index in [0.717, 1.165) is 5.56 Å². The Balaban J connectivity index is 1.74. The number of hydrogen-bond donors (Lipinski definition) is 4. The second-order valence-electron chi connectivity index (χ2n) is 5.28. The standard InChI is InChI=1S/C16H18N6O2/c1-9(10-6-4-3-5-7-10)18-16(23)20-12-8-11-13(14(17)19-12)15(24-2)22-21-11/h3-9H,1-2H3,(H,21,22)(H4,17,18,19,20,23)/t9-/m1/s1. The Morgan fingerprint density at radius 3 is 2.79 bits per heavy atom. The topological polar surface area (TPSA) is 118 Å². The molecule has 8 heteroatoms. The Bertz CT molecular complexity index is 862. The molecule has 2 amide bonds.